The first-order valence-electron chi connectivity index (χ1n) is 6.77. The van der Waals surface area contributed by atoms with Crippen LogP contribution >= 0.6 is 0 Å². The van der Waals surface area contributed by atoms with Crippen molar-refractivity contribution >= 4 is 8.32 Å². The third kappa shape index (κ3) is 6.68. The van der Waals surface area contributed by atoms with Crippen molar-refractivity contribution in [2.45, 2.75) is 70.9 Å². The van der Waals surface area contributed by atoms with E-state index in [9.17, 15) is 10.2 Å². The fraction of sp³-hybridized carbons (Fsp3) is 0.857. The number of aliphatic hydroxyl groups excluding tert-OH is 2. The van der Waals surface area contributed by atoms with Gasteiger partial charge in [0.25, 0.3) is 0 Å². The van der Waals surface area contributed by atoms with Gasteiger partial charge in [-0.2, -0.15) is 0 Å². The summed E-state index contributed by atoms with van der Waals surface area (Å²) in [5, 5.41) is 19.3. The van der Waals surface area contributed by atoms with Gasteiger partial charge >= 0.3 is 0 Å². The summed E-state index contributed by atoms with van der Waals surface area (Å²) < 4.78 is 5.91. The van der Waals surface area contributed by atoms with Crippen molar-refractivity contribution in [3.05, 3.63) is 12.2 Å². The maximum absolute atomic E-state index is 9.79. The Balaban J connectivity index is 4.08. The molecule has 0 amide bonds. The highest BCUT2D eigenvalue weighted by atomic mass is 28.4. The van der Waals surface area contributed by atoms with E-state index in [1.165, 1.54) is 0 Å². The first-order valence-corrected chi connectivity index (χ1v) is 9.67. The predicted octanol–water partition coefficient (Wildman–Crippen LogP) is 3.09. The summed E-state index contributed by atoms with van der Waals surface area (Å²) in [6, 6.07) is 0. The Kier molecular flexibility index (Phi) is 7.36. The quantitative estimate of drug-likeness (QED) is 0.554. The molecule has 18 heavy (non-hydrogen) atoms. The Morgan fingerprint density at radius 1 is 1.22 bits per heavy atom. The summed E-state index contributed by atoms with van der Waals surface area (Å²) in [5.74, 6) is 0. The van der Waals surface area contributed by atoms with Gasteiger partial charge in [-0.15, -0.1) is 0 Å². The van der Waals surface area contributed by atoms with Gasteiger partial charge in [0.1, 0.15) is 0 Å². The van der Waals surface area contributed by atoms with Crippen LogP contribution < -0.4 is 0 Å². The molecule has 4 heteroatoms. The van der Waals surface area contributed by atoms with E-state index in [0.29, 0.717) is 13.0 Å². The topological polar surface area (TPSA) is 49.7 Å². The van der Waals surface area contributed by atoms with Crippen molar-refractivity contribution in [3.63, 3.8) is 0 Å². The molecule has 0 spiro atoms. The molecule has 0 aromatic carbocycles. The van der Waals surface area contributed by atoms with Crippen molar-refractivity contribution < 1.29 is 14.6 Å². The summed E-state index contributed by atoms with van der Waals surface area (Å²) in [7, 11) is -1.78. The van der Waals surface area contributed by atoms with E-state index in [-0.39, 0.29) is 11.1 Å². The van der Waals surface area contributed by atoms with Crippen LogP contribution in [0.3, 0.4) is 0 Å². The van der Waals surface area contributed by atoms with Crippen LogP contribution in [-0.4, -0.2) is 37.3 Å². The molecule has 0 bridgehead atoms. The zero-order valence-electron chi connectivity index (χ0n) is 12.7. The first kappa shape index (κ1) is 17.8. The van der Waals surface area contributed by atoms with E-state index in [1.807, 2.05) is 13.0 Å². The molecule has 0 rings (SSSR count). The molecule has 0 unspecified atom stereocenters. The molecule has 0 aliphatic heterocycles. The van der Waals surface area contributed by atoms with Crippen molar-refractivity contribution in [2.75, 3.05) is 6.61 Å². The van der Waals surface area contributed by atoms with Crippen LogP contribution in [0.4, 0.5) is 0 Å². The standard InChI is InChI=1S/C14H30O3Si/c1-7-12(15)9-8-10-13(16)11-17-18(5,6)14(2,3)4/h8,10,12-13,15-16H,7,9,11H2,1-6H3/b10-8-/t12-,13+/m1/s1. The van der Waals surface area contributed by atoms with Gasteiger partial charge in [0, 0.05) is 0 Å². The van der Waals surface area contributed by atoms with Gasteiger partial charge in [0.2, 0.25) is 0 Å². The minimum atomic E-state index is -1.78. The highest BCUT2D eigenvalue weighted by molar-refractivity contribution is 6.74. The van der Waals surface area contributed by atoms with Gasteiger partial charge < -0.3 is 14.6 Å². The summed E-state index contributed by atoms with van der Waals surface area (Å²) in [4.78, 5) is 0. The second kappa shape index (κ2) is 7.43. The first-order chi connectivity index (χ1) is 8.10. The Hall–Kier alpha value is -0.163. The molecule has 108 valence electrons. The fourth-order valence-electron chi connectivity index (χ4n) is 1.13. The summed E-state index contributed by atoms with van der Waals surface area (Å²) in [6.45, 7) is 13.2. The van der Waals surface area contributed by atoms with Crippen LogP contribution in [-0.2, 0) is 4.43 Å². The zero-order valence-corrected chi connectivity index (χ0v) is 13.7. The fourth-order valence-corrected chi connectivity index (χ4v) is 2.15. The van der Waals surface area contributed by atoms with E-state index in [4.69, 9.17) is 4.43 Å². The second-order valence-corrected chi connectivity index (χ2v) is 11.2. The van der Waals surface area contributed by atoms with E-state index in [2.05, 4.69) is 33.9 Å². The summed E-state index contributed by atoms with van der Waals surface area (Å²) in [5.41, 5.74) is 0. The smallest absolute Gasteiger partial charge is 0.192 e. The molecule has 2 N–H and O–H groups in total. The Morgan fingerprint density at radius 2 is 1.78 bits per heavy atom. The number of hydrogen-bond acceptors (Lipinski definition) is 3. The average molecular weight is 274 g/mol. The molecule has 0 fully saturated rings. The lowest BCUT2D eigenvalue weighted by Crippen LogP contribution is -2.42. The Morgan fingerprint density at radius 3 is 2.22 bits per heavy atom. The number of aliphatic hydroxyl groups is 2. The van der Waals surface area contributed by atoms with Crippen molar-refractivity contribution in [3.8, 4) is 0 Å². The highest BCUT2D eigenvalue weighted by Gasteiger charge is 2.37. The number of rotatable bonds is 7. The van der Waals surface area contributed by atoms with Gasteiger partial charge in [0.05, 0.1) is 18.8 Å². The van der Waals surface area contributed by atoms with Gasteiger partial charge in [-0.25, -0.2) is 0 Å². The molecule has 0 saturated carbocycles. The molecule has 0 saturated heterocycles. The molecule has 0 aromatic rings. The maximum atomic E-state index is 9.79. The van der Waals surface area contributed by atoms with E-state index in [1.54, 1.807) is 6.08 Å². The molecule has 0 radical (unpaired) electrons. The third-order valence-corrected chi connectivity index (χ3v) is 8.16. The molecular weight excluding hydrogens is 244 g/mol. The van der Waals surface area contributed by atoms with Gasteiger partial charge in [-0.1, -0.05) is 39.8 Å². The van der Waals surface area contributed by atoms with Gasteiger partial charge in [-0.05, 0) is 31.0 Å². The van der Waals surface area contributed by atoms with Gasteiger partial charge in [0.15, 0.2) is 8.32 Å². The van der Waals surface area contributed by atoms with E-state index >= 15 is 0 Å². The monoisotopic (exact) mass is 274 g/mol. The molecule has 2 atom stereocenters. The number of hydrogen-bond donors (Lipinski definition) is 2. The normalized spacial score (nSPS) is 17.1. The van der Waals surface area contributed by atoms with Crippen molar-refractivity contribution in [1.82, 2.24) is 0 Å². The van der Waals surface area contributed by atoms with E-state index < -0.39 is 14.4 Å². The average Bonchev–Trinajstić information content (AvgIpc) is 2.24. The van der Waals surface area contributed by atoms with E-state index in [0.717, 1.165) is 6.42 Å². The van der Waals surface area contributed by atoms with Gasteiger partial charge in [-0.3, -0.25) is 0 Å². The lowest BCUT2D eigenvalue weighted by atomic mass is 10.2. The minimum Gasteiger partial charge on any atom is -0.414 e. The summed E-state index contributed by atoms with van der Waals surface area (Å²) >= 11 is 0. The SMILES string of the molecule is CC[C@@H](O)C/C=C\[C@H](O)CO[Si](C)(C)C(C)(C)C. The zero-order chi connectivity index (χ0) is 14.4. The van der Waals surface area contributed by atoms with Crippen LogP contribution in [0.5, 0.6) is 0 Å². The Bertz CT molecular complexity index is 256. The molecule has 0 aliphatic rings. The third-order valence-electron chi connectivity index (χ3n) is 3.66. The molecule has 0 aromatic heterocycles. The maximum Gasteiger partial charge on any atom is 0.192 e. The van der Waals surface area contributed by atoms with Crippen LogP contribution in [0.25, 0.3) is 0 Å². The predicted molar refractivity (Wildman–Crippen MR) is 79.2 cm³/mol. The van der Waals surface area contributed by atoms with Crippen LogP contribution in [0.1, 0.15) is 40.5 Å². The van der Waals surface area contributed by atoms with Crippen LogP contribution in [0.15, 0.2) is 12.2 Å². The van der Waals surface area contributed by atoms with Crippen molar-refractivity contribution in [2.24, 2.45) is 0 Å². The summed E-state index contributed by atoms with van der Waals surface area (Å²) in [6.07, 6.45) is 3.98. The Labute approximate surface area is 113 Å². The highest BCUT2D eigenvalue weighted by Crippen LogP contribution is 2.36. The molecule has 0 aliphatic carbocycles. The lowest BCUT2D eigenvalue weighted by molar-refractivity contribution is 0.134. The van der Waals surface area contributed by atoms with Crippen LogP contribution in [0.2, 0.25) is 18.1 Å². The lowest BCUT2D eigenvalue weighted by Gasteiger charge is -2.36. The van der Waals surface area contributed by atoms with Crippen molar-refractivity contribution in [1.29, 1.82) is 0 Å². The molecular formula is C14H30O3Si. The second-order valence-electron chi connectivity index (χ2n) is 6.36. The minimum absolute atomic E-state index is 0.162. The largest absolute Gasteiger partial charge is 0.414 e. The van der Waals surface area contributed by atoms with Crippen LogP contribution in [0, 0.1) is 0 Å². The molecule has 0 heterocycles. The molecule has 3 nitrogen and oxygen atoms in total.